The molecule has 0 aliphatic carbocycles. The van der Waals surface area contributed by atoms with Crippen LogP contribution in [0.15, 0.2) is 18.3 Å². The predicted octanol–water partition coefficient (Wildman–Crippen LogP) is 1.31. The summed E-state index contributed by atoms with van der Waals surface area (Å²) in [6.07, 6.45) is 3.84. The molecule has 0 bridgehead atoms. The van der Waals surface area contributed by atoms with Crippen LogP contribution in [-0.4, -0.2) is 29.8 Å². The van der Waals surface area contributed by atoms with E-state index in [0.717, 1.165) is 37.3 Å². The molecule has 94 valence electrons. The van der Waals surface area contributed by atoms with Crippen molar-refractivity contribution in [1.82, 2.24) is 4.98 Å². The molecule has 0 aromatic carbocycles. The van der Waals surface area contributed by atoms with Crippen LogP contribution in [0.2, 0.25) is 0 Å². The number of aliphatic hydroxyl groups excluding tert-OH is 1. The summed E-state index contributed by atoms with van der Waals surface area (Å²) in [7, 11) is 0. The van der Waals surface area contributed by atoms with Crippen molar-refractivity contribution in [3.63, 3.8) is 0 Å². The van der Waals surface area contributed by atoms with Crippen LogP contribution in [0.1, 0.15) is 31.4 Å². The van der Waals surface area contributed by atoms with Crippen LogP contribution >= 0.6 is 0 Å². The maximum atomic E-state index is 8.97. The molecule has 2 unspecified atom stereocenters. The lowest BCUT2D eigenvalue weighted by atomic mass is 10.1. The molecular formula is C13H21N3O. The zero-order chi connectivity index (χ0) is 12.3. The van der Waals surface area contributed by atoms with Crippen LogP contribution in [0.5, 0.6) is 0 Å². The monoisotopic (exact) mass is 235 g/mol. The molecule has 1 fully saturated rings. The minimum Gasteiger partial charge on any atom is -0.396 e. The van der Waals surface area contributed by atoms with Gasteiger partial charge in [0.2, 0.25) is 0 Å². The van der Waals surface area contributed by atoms with Gasteiger partial charge in [0.05, 0.1) is 0 Å². The van der Waals surface area contributed by atoms with Crippen LogP contribution in [0.3, 0.4) is 0 Å². The van der Waals surface area contributed by atoms with Crippen LogP contribution in [0.25, 0.3) is 0 Å². The maximum Gasteiger partial charge on any atom is 0.133 e. The molecule has 2 atom stereocenters. The molecule has 3 N–H and O–H groups in total. The Hall–Kier alpha value is -1.13. The maximum absolute atomic E-state index is 8.97. The quantitative estimate of drug-likeness (QED) is 0.826. The van der Waals surface area contributed by atoms with E-state index in [4.69, 9.17) is 10.8 Å². The smallest absolute Gasteiger partial charge is 0.133 e. The average molecular weight is 235 g/mol. The third kappa shape index (κ3) is 2.76. The molecular weight excluding hydrogens is 214 g/mol. The lowest BCUT2D eigenvalue weighted by molar-refractivity contribution is 0.263. The topological polar surface area (TPSA) is 62.4 Å². The summed E-state index contributed by atoms with van der Waals surface area (Å²) in [6, 6.07) is 3.99. The molecule has 0 spiro atoms. The minimum absolute atomic E-state index is 0.00981. The highest BCUT2D eigenvalue weighted by atomic mass is 16.3. The predicted molar refractivity (Wildman–Crippen MR) is 68.9 cm³/mol. The molecule has 17 heavy (non-hydrogen) atoms. The molecule has 0 amide bonds. The third-order valence-corrected chi connectivity index (χ3v) is 3.43. The highest BCUT2D eigenvalue weighted by Crippen LogP contribution is 2.28. The summed E-state index contributed by atoms with van der Waals surface area (Å²) in [6.45, 7) is 4.27. The van der Waals surface area contributed by atoms with Crippen LogP contribution in [0.4, 0.5) is 5.82 Å². The number of nitrogens with zero attached hydrogens (tertiary/aromatic N) is 2. The zero-order valence-electron chi connectivity index (χ0n) is 10.3. The van der Waals surface area contributed by atoms with Crippen molar-refractivity contribution < 1.29 is 5.11 Å². The van der Waals surface area contributed by atoms with Crippen molar-refractivity contribution >= 4 is 5.82 Å². The fourth-order valence-electron chi connectivity index (χ4n) is 2.47. The first-order valence-corrected chi connectivity index (χ1v) is 6.28. The van der Waals surface area contributed by atoms with Crippen molar-refractivity contribution in [2.24, 2.45) is 11.7 Å². The van der Waals surface area contributed by atoms with Crippen molar-refractivity contribution in [1.29, 1.82) is 0 Å². The van der Waals surface area contributed by atoms with Gasteiger partial charge in [0.15, 0.2) is 0 Å². The van der Waals surface area contributed by atoms with E-state index in [9.17, 15) is 0 Å². The first kappa shape index (κ1) is 12.3. The molecule has 4 nitrogen and oxygen atoms in total. The number of hydrogen-bond acceptors (Lipinski definition) is 4. The van der Waals surface area contributed by atoms with Crippen LogP contribution < -0.4 is 10.6 Å². The number of pyridine rings is 1. The van der Waals surface area contributed by atoms with Gasteiger partial charge in [-0.2, -0.15) is 0 Å². The van der Waals surface area contributed by atoms with Gasteiger partial charge in [-0.1, -0.05) is 6.07 Å². The summed E-state index contributed by atoms with van der Waals surface area (Å²) in [5.41, 5.74) is 7.08. The van der Waals surface area contributed by atoms with Gasteiger partial charge in [0.1, 0.15) is 5.82 Å². The fourth-order valence-corrected chi connectivity index (χ4v) is 2.47. The van der Waals surface area contributed by atoms with Crippen molar-refractivity contribution in [2.75, 3.05) is 24.6 Å². The molecule has 4 heteroatoms. The van der Waals surface area contributed by atoms with Crippen LogP contribution in [-0.2, 0) is 0 Å². The SMILES string of the molecule is CC(N)c1cccnc1N1CCC(CCO)C1. The Kier molecular flexibility index (Phi) is 3.97. The molecule has 1 aromatic rings. The number of aliphatic hydroxyl groups is 1. The van der Waals surface area contributed by atoms with Gasteiger partial charge < -0.3 is 15.7 Å². The number of aromatic nitrogens is 1. The molecule has 1 aliphatic rings. The lowest BCUT2D eigenvalue weighted by Crippen LogP contribution is -2.24. The zero-order valence-corrected chi connectivity index (χ0v) is 10.3. The van der Waals surface area contributed by atoms with E-state index in [0.29, 0.717) is 5.92 Å². The Balaban J connectivity index is 2.13. The van der Waals surface area contributed by atoms with E-state index in [-0.39, 0.29) is 12.6 Å². The standard InChI is InChI=1S/C13H21N3O/c1-10(14)12-3-2-6-15-13(12)16-7-4-11(9-16)5-8-17/h2-3,6,10-11,17H,4-5,7-9,14H2,1H3. The Morgan fingerprint density at radius 2 is 2.47 bits per heavy atom. The Morgan fingerprint density at radius 1 is 1.65 bits per heavy atom. The number of anilines is 1. The summed E-state index contributed by atoms with van der Waals surface area (Å²) < 4.78 is 0. The van der Waals surface area contributed by atoms with E-state index in [1.807, 2.05) is 25.3 Å². The first-order chi connectivity index (χ1) is 8.22. The molecule has 2 rings (SSSR count). The summed E-state index contributed by atoms with van der Waals surface area (Å²) in [5, 5.41) is 8.97. The van der Waals surface area contributed by atoms with E-state index in [2.05, 4.69) is 9.88 Å². The van der Waals surface area contributed by atoms with Crippen molar-refractivity contribution in [2.45, 2.75) is 25.8 Å². The summed E-state index contributed by atoms with van der Waals surface area (Å²) >= 11 is 0. The van der Waals surface area contributed by atoms with Gasteiger partial charge in [-0.15, -0.1) is 0 Å². The van der Waals surface area contributed by atoms with Gasteiger partial charge in [-0.25, -0.2) is 4.98 Å². The molecule has 1 saturated heterocycles. The highest BCUT2D eigenvalue weighted by molar-refractivity contribution is 5.49. The van der Waals surface area contributed by atoms with Gasteiger partial charge in [0, 0.05) is 37.5 Å². The highest BCUT2D eigenvalue weighted by Gasteiger charge is 2.25. The largest absolute Gasteiger partial charge is 0.396 e. The molecule has 0 radical (unpaired) electrons. The molecule has 0 saturated carbocycles. The Morgan fingerprint density at radius 3 is 3.18 bits per heavy atom. The summed E-state index contributed by atoms with van der Waals surface area (Å²) in [5.74, 6) is 1.60. The van der Waals surface area contributed by atoms with Crippen LogP contribution in [0, 0.1) is 5.92 Å². The van der Waals surface area contributed by atoms with E-state index < -0.39 is 0 Å². The lowest BCUT2D eigenvalue weighted by Gasteiger charge is -2.22. The van der Waals surface area contributed by atoms with Crippen molar-refractivity contribution in [3.8, 4) is 0 Å². The van der Waals surface area contributed by atoms with Gasteiger partial charge in [0.25, 0.3) is 0 Å². The van der Waals surface area contributed by atoms with E-state index >= 15 is 0 Å². The van der Waals surface area contributed by atoms with Gasteiger partial charge in [-0.3, -0.25) is 0 Å². The normalized spacial score (nSPS) is 21.8. The van der Waals surface area contributed by atoms with Gasteiger partial charge in [-0.05, 0) is 31.7 Å². The second-order valence-electron chi connectivity index (χ2n) is 4.82. The van der Waals surface area contributed by atoms with Crippen molar-refractivity contribution in [3.05, 3.63) is 23.9 Å². The molecule has 1 aromatic heterocycles. The average Bonchev–Trinajstić information content (AvgIpc) is 2.78. The third-order valence-electron chi connectivity index (χ3n) is 3.43. The Bertz CT molecular complexity index is 367. The molecule has 1 aliphatic heterocycles. The first-order valence-electron chi connectivity index (χ1n) is 6.28. The Labute approximate surface area is 102 Å². The number of nitrogens with two attached hydrogens (primary N) is 1. The number of rotatable bonds is 4. The summed E-state index contributed by atoms with van der Waals surface area (Å²) in [4.78, 5) is 6.75. The van der Waals surface area contributed by atoms with Gasteiger partial charge >= 0.3 is 0 Å². The second kappa shape index (κ2) is 5.47. The molecule has 2 heterocycles. The minimum atomic E-state index is 0.00981. The second-order valence-corrected chi connectivity index (χ2v) is 4.82. The van der Waals surface area contributed by atoms with E-state index in [1.165, 1.54) is 0 Å². The number of hydrogen-bond donors (Lipinski definition) is 2. The fraction of sp³-hybridized carbons (Fsp3) is 0.615. The van der Waals surface area contributed by atoms with E-state index in [1.54, 1.807) is 0 Å².